The molecule has 0 bridgehead atoms. The average molecular weight is 330 g/mol. The van der Waals surface area contributed by atoms with Gasteiger partial charge in [0.1, 0.15) is 11.5 Å². The van der Waals surface area contributed by atoms with Crippen LogP contribution in [0.1, 0.15) is 50.7 Å². The molecule has 128 valence electrons. The maximum Gasteiger partial charge on any atom is 0.128 e. The van der Waals surface area contributed by atoms with Crippen LogP contribution < -0.4 is 4.74 Å². The molecule has 0 fully saturated rings. The largest absolute Gasteiger partial charge is 0.457 e. The van der Waals surface area contributed by atoms with E-state index in [1.807, 2.05) is 36.4 Å². The summed E-state index contributed by atoms with van der Waals surface area (Å²) in [7, 11) is 0. The van der Waals surface area contributed by atoms with Gasteiger partial charge in [0, 0.05) is 0 Å². The molecule has 1 heteroatoms. The van der Waals surface area contributed by atoms with Crippen LogP contribution in [-0.2, 0) is 0 Å². The smallest absolute Gasteiger partial charge is 0.128 e. The van der Waals surface area contributed by atoms with Crippen LogP contribution in [0, 0.1) is 0 Å². The van der Waals surface area contributed by atoms with Crippen molar-refractivity contribution in [1.82, 2.24) is 0 Å². The van der Waals surface area contributed by atoms with Gasteiger partial charge in [-0.1, -0.05) is 76.2 Å². The monoisotopic (exact) mass is 330 g/mol. The summed E-state index contributed by atoms with van der Waals surface area (Å²) >= 11 is 0. The number of hydrogen-bond donors (Lipinski definition) is 0. The van der Waals surface area contributed by atoms with Crippen LogP contribution in [0.15, 0.2) is 72.8 Å². The van der Waals surface area contributed by atoms with Crippen molar-refractivity contribution in [2.24, 2.45) is 0 Å². The highest BCUT2D eigenvalue weighted by Crippen LogP contribution is 2.37. The third kappa shape index (κ3) is 3.93. The highest BCUT2D eigenvalue weighted by atomic mass is 16.5. The van der Waals surface area contributed by atoms with Crippen molar-refractivity contribution in [1.29, 1.82) is 0 Å². The lowest BCUT2D eigenvalue weighted by atomic mass is 9.85. The van der Waals surface area contributed by atoms with E-state index in [4.69, 9.17) is 4.74 Å². The minimum absolute atomic E-state index is 0.479. The normalized spacial score (nSPS) is 11.1. The van der Waals surface area contributed by atoms with Gasteiger partial charge in [-0.15, -0.1) is 0 Å². The lowest BCUT2D eigenvalue weighted by Crippen LogP contribution is -1.99. The van der Waals surface area contributed by atoms with Crippen LogP contribution in [0.4, 0.5) is 0 Å². The van der Waals surface area contributed by atoms with Crippen LogP contribution in [0.5, 0.6) is 11.5 Å². The third-order valence-electron chi connectivity index (χ3n) is 4.47. The first-order valence-electron chi connectivity index (χ1n) is 9.02. The molecule has 0 aliphatic carbocycles. The fraction of sp³-hybridized carbons (Fsp3) is 0.250. The van der Waals surface area contributed by atoms with E-state index in [1.165, 1.54) is 22.3 Å². The highest BCUT2D eigenvalue weighted by Gasteiger charge is 2.15. The van der Waals surface area contributed by atoms with Crippen LogP contribution in [0.25, 0.3) is 11.1 Å². The molecule has 0 aliphatic rings. The van der Waals surface area contributed by atoms with Gasteiger partial charge >= 0.3 is 0 Å². The molecule has 0 amide bonds. The van der Waals surface area contributed by atoms with Gasteiger partial charge < -0.3 is 4.74 Å². The van der Waals surface area contributed by atoms with Crippen LogP contribution >= 0.6 is 0 Å². The molecule has 0 radical (unpaired) electrons. The van der Waals surface area contributed by atoms with Crippen molar-refractivity contribution in [3.8, 4) is 22.6 Å². The zero-order valence-corrected chi connectivity index (χ0v) is 15.5. The van der Waals surface area contributed by atoms with Crippen LogP contribution in [-0.4, -0.2) is 0 Å². The van der Waals surface area contributed by atoms with E-state index < -0.39 is 0 Å². The second-order valence-corrected chi connectivity index (χ2v) is 7.06. The first kappa shape index (κ1) is 17.3. The molecule has 0 heterocycles. The van der Waals surface area contributed by atoms with Gasteiger partial charge in [-0.2, -0.15) is 0 Å². The fourth-order valence-corrected chi connectivity index (χ4v) is 3.22. The maximum atomic E-state index is 6.04. The first-order chi connectivity index (χ1) is 12.1. The zero-order chi connectivity index (χ0) is 17.8. The predicted molar refractivity (Wildman–Crippen MR) is 107 cm³/mol. The standard InChI is InChI=1S/C24H26O/c1-17(2)22-14-9-15-23(18(3)4)24(22)19-10-8-13-21(16-19)25-20-11-6-5-7-12-20/h5-18H,1-4H3. The molecule has 3 aromatic carbocycles. The lowest BCUT2D eigenvalue weighted by molar-refractivity contribution is 0.483. The number of rotatable bonds is 5. The summed E-state index contributed by atoms with van der Waals surface area (Å²) in [6.07, 6.45) is 0. The molecule has 1 nitrogen and oxygen atoms in total. The number of para-hydroxylation sites is 1. The zero-order valence-electron chi connectivity index (χ0n) is 15.5. The topological polar surface area (TPSA) is 9.23 Å². The fourth-order valence-electron chi connectivity index (χ4n) is 3.22. The summed E-state index contributed by atoms with van der Waals surface area (Å²) in [5, 5.41) is 0. The Morgan fingerprint density at radius 1 is 0.600 bits per heavy atom. The van der Waals surface area contributed by atoms with Gasteiger partial charge in [0.2, 0.25) is 0 Å². The van der Waals surface area contributed by atoms with Crippen LogP contribution in [0.2, 0.25) is 0 Å². The number of ether oxygens (including phenoxy) is 1. The van der Waals surface area contributed by atoms with E-state index in [1.54, 1.807) is 0 Å². The van der Waals surface area contributed by atoms with E-state index in [-0.39, 0.29) is 0 Å². The van der Waals surface area contributed by atoms with Gasteiger partial charge in [-0.3, -0.25) is 0 Å². The second kappa shape index (κ2) is 7.57. The van der Waals surface area contributed by atoms with Crippen molar-refractivity contribution < 1.29 is 4.74 Å². The quantitative estimate of drug-likeness (QED) is 0.474. The SMILES string of the molecule is CC(C)c1cccc(C(C)C)c1-c1cccc(Oc2ccccc2)c1. The minimum Gasteiger partial charge on any atom is -0.457 e. The Hall–Kier alpha value is -2.54. The molecular formula is C24H26O. The summed E-state index contributed by atoms with van der Waals surface area (Å²) in [4.78, 5) is 0. The van der Waals surface area contributed by atoms with Crippen molar-refractivity contribution in [3.63, 3.8) is 0 Å². The van der Waals surface area contributed by atoms with E-state index in [0.717, 1.165) is 11.5 Å². The summed E-state index contributed by atoms with van der Waals surface area (Å²) < 4.78 is 6.04. The van der Waals surface area contributed by atoms with Gasteiger partial charge in [0.25, 0.3) is 0 Å². The molecule has 0 spiro atoms. The Kier molecular flexibility index (Phi) is 5.23. The molecule has 3 rings (SSSR count). The molecule has 0 saturated heterocycles. The summed E-state index contributed by atoms with van der Waals surface area (Å²) in [5.41, 5.74) is 5.36. The summed E-state index contributed by atoms with van der Waals surface area (Å²) in [6, 6.07) is 25.0. The Morgan fingerprint density at radius 2 is 1.16 bits per heavy atom. The van der Waals surface area contributed by atoms with Gasteiger partial charge in [0.15, 0.2) is 0 Å². The van der Waals surface area contributed by atoms with Crippen molar-refractivity contribution in [2.45, 2.75) is 39.5 Å². The third-order valence-corrected chi connectivity index (χ3v) is 4.47. The van der Waals surface area contributed by atoms with Gasteiger partial charge in [-0.25, -0.2) is 0 Å². The number of benzene rings is 3. The maximum absolute atomic E-state index is 6.04. The highest BCUT2D eigenvalue weighted by molar-refractivity contribution is 5.73. The molecule has 0 atom stereocenters. The van der Waals surface area contributed by atoms with E-state index in [0.29, 0.717) is 11.8 Å². The molecule has 0 saturated carbocycles. The predicted octanol–water partition coefficient (Wildman–Crippen LogP) is 7.39. The molecule has 25 heavy (non-hydrogen) atoms. The van der Waals surface area contributed by atoms with Crippen molar-refractivity contribution in [3.05, 3.63) is 83.9 Å². The summed E-state index contributed by atoms with van der Waals surface area (Å²) in [5.74, 6) is 2.69. The van der Waals surface area contributed by atoms with E-state index in [9.17, 15) is 0 Å². The Morgan fingerprint density at radius 3 is 1.76 bits per heavy atom. The molecule has 0 unspecified atom stereocenters. The Balaban J connectivity index is 2.06. The average Bonchev–Trinajstić information content (AvgIpc) is 2.62. The van der Waals surface area contributed by atoms with Crippen molar-refractivity contribution in [2.75, 3.05) is 0 Å². The van der Waals surface area contributed by atoms with Crippen LogP contribution in [0.3, 0.4) is 0 Å². The Labute approximate surface area is 151 Å². The molecule has 3 aromatic rings. The van der Waals surface area contributed by atoms with E-state index in [2.05, 4.69) is 64.1 Å². The van der Waals surface area contributed by atoms with Crippen molar-refractivity contribution >= 4 is 0 Å². The van der Waals surface area contributed by atoms with Gasteiger partial charge in [-0.05, 0) is 58.4 Å². The minimum atomic E-state index is 0.479. The molecular weight excluding hydrogens is 304 g/mol. The molecule has 0 N–H and O–H groups in total. The van der Waals surface area contributed by atoms with E-state index >= 15 is 0 Å². The second-order valence-electron chi connectivity index (χ2n) is 7.06. The first-order valence-corrected chi connectivity index (χ1v) is 9.02. The Bertz CT molecular complexity index is 805. The lowest BCUT2D eigenvalue weighted by Gasteiger charge is -2.20. The molecule has 0 aliphatic heterocycles. The number of hydrogen-bond acceptors (Lipinski definition) is 1. The van der Waals surface area contributed by atoms with Gasteiger partial charge in [0.05, 0.1) is 0 Å². The molecule has 0 aromatic heterocycles. The summed E-state index contributed by atoms with van der Waals surface area (Å²) in [6.45, 7) is 9.03.